The molecule has 40 heavy (non-hydrogen) atoms. The van der Waals surface area contributed by atoms with Gasteiger partial charge in [0, 0.05) is 74.7 Å². The maximum atomic E-state index is 14.9. The van der Waals surface area contributed by atoms with Crippen LogP contribution in [0.15, 0.2) is 67.1 Å². The van der Waals surface area contributed by atoms with Crippen LogP contribution in [-0.2, 0) is 22.7 Å². The van der Waals surface area contributed by atoms with Crippen molar-refractivity contribution in [3.8, 4) is 17.3 Å². The molecule has 0 saturated carbocycles. The van der Waals surface area contributed by atoms with Crippen molar-refractivity contribution in [2.24, 2.45) is 0 Å². The second kappa shape index (κ2) is 11.3. The topological polar surface area (TPSA) is 119 Å². The summed E-state index contributed by atoms with van der Waals surface area (Å²) in [6, 6.07) is 13.2. The fourth-order valence-corrected chi connectivity index (χ4v) is 4.84. The summed E-state index contributed by atoms with van der Waals surface area (Å²) in [6.45, 7) is 1.88. The maximum absolute atomic E-state index is 14.9. The third-order valence-corrected chi connectivity index (χ3v) is 7.15. The van der Waals surface area contributed by atoms with Crippen molar-refractivity contribution in [2.45, 2.75) is 19.9 Å². The molecule has 3 aromatic heterocycles. The van der Waals surface area contributed by atoms with E-state index in [1.165, 1.54) is 23.1 Å². The molecule has 1 atom stereocenters. The lowest BCUT2D eigenvalue weighted by Crippen LogP contribution is -2.09. The Bertz CT molecular complexity index is 1750. The SMILES string of the molecule is CCOc1cc(F)c(Cn2nc(-c3ncc(CCS(C)(=N)=O)c(Nc4ccncc4)n3)c3ccccc32)c(F)c1. The van der Waals surface area contributed by atoms with Gasteiger partial charge >= 0.3 is 0 Å². The zero-order valence-corrected chi connectivity index (χ0v) is 22.7. The van der Waals surface area contributed by atoms with Gasteiger partial charge in [-0.2, -0.15) is 5.10 Å². The van der Waals surface area contributed by atoms with Gasteiger partial charge in [0.15, 0.2) is 5.82 Å². The number of pyridine rings is 1. The fraction of sp³-hybridized carbons (Fsp3) is 0.214. The van der Waals surface area contributed by atoms with Gasteiger partial charge in [-0.25, -0.2) is 18.7 Å². The summed E-state index contributed by atoms with van der Waals surface area (Å²) in [5.41, 5.74) is 2.37. The number of fused-ring (bicyclic) bond motifs is 1. The van der Waals surface area contributed by atoms with Gasteiger partial charge in [-0.3, -0.25) is 18.7 Å². The van der Waals surface area contributed by atoms with Crippen LogP contribution in [0.25, 0.3) is 22.4 Å². The second-order valence-corrected chi connectivity index (χ2v) is 11.6. The predicted molar refractivity (Wildman–Crippen MR) is 150 cm³/mol. The molecule has 0 aliphatic heterocycles. The molecule has 0 fully saturated rings. The number of nitrogens with one attached hydrogen (secondary N) is 2. The van der Waals surface area contributed by atoms with E-state index < -0.39 is 21.4 Å². The minimum Gasteiger partial charge on any atom is -0.494 e. The second-order valence-electron chi connectivity index (χ2n) is 9.21. The zero-order valence-electron chi connectivity index (χ0n) is 21.9. The number of anilines is 2. The van der Waals surface area contributed by atoms with Crippen molar-refractivity contribution < 1.29 is 17.7 Å². The van der Waals surface area contributed by atoms with E-state index in [0.29, 0.717) is 46.8 Å². The molecular weight excluding hydrogens is 536 g/mol. The first-order valence-electron chi connectivity index (χ1n) is 12.5. The van der Waals surface area contributed by atoms with Gasteiger partial charge in [-0.1, -0.05) is 18.2 Å². The molecule has 0 aliphatic carbocycles. The highest BCUT2D eigenvalue weighted by molar-refractivity contribution is 7.91. The largest absolute Gasteiger partial charge is 0.494 e. The molecule has 1 unspecified atom stereocenters. The van der Waals surface area contributed by atoms with E-state index in [-0.39, 0.29) is 23.6 Å². The summed E-state index contributed by atoms with van der Waals surface area (Å²) < 4.78 is 56.3. The predicted octanol–water partition coefficient (Wildman–Crippen LogP) is 5.58. The van der Waals surface area contributed by atoms with Crippen LogP contribution >= 0.6 is 0 Å². The third-order valence-electron chi connectivity index (χ3n) is 6.17. The molecule has 2 aromatic carbocycles. The first-order chi connectivity index (χ1) is 19.2. The van der Waals surface area contributed by atoms with Crippen molar-refractivity contribution in [3.63, 3.8) is 0 Å². The van der Waals surface area contributed by atoms with E-state index >= 15 is 0 Å². The van der Waals surface area contributed by atoms with Crippen LogP contribution in [0.1, 0.15) is 18.1 Å². The van der Waals surface area contributed by atoms with Gasteiger partial charge in [0.1, 0.15) is 28.9 Å². The van der Waals surface area contributed by atoms with Gasteiger partial charge in [0.25, 0.3) is 0 Å². The summed E-state index contributed by atoms with van der Waals surface area (Å²) >= 11 is 0. The molecule has 2 N–H and O–H groups in total. The fourth-order valence-electron chi connectivity index (χ4n) is 4.23. The molecule has 9 nitrogen and oxygen atoms in total. The number of rotatable bonds is 10. The number of benzene rings is 2. The zero-order chi connectivity index (χ0) is 28.3. The lowest BCUT2D eigenvalue weighted by atomic mass is 10.1. The normalized spacial score (nSPS) is 12.8. The van der Waals surface area contributed by atoms with Crippen LogP contribution in [0.2, 0.25) is 0 Å². The van der Waals surface area contributed by atoms with E-state index in [2.05, 4.69) is 20.4 Å². The van der Waals surface area contributed by atoms with Gasteiger partial charge in [0.2, 0.25) is 0 Å². The summed E-state index contributed by atoms with van der Waals surface area (Å²) in [7, 11) is -2.72. The highest BCUT2D eigenvalue weighted by Gasteiger charge is 2.20. The Kier molecular flexibility index (Phi) is 7.69. The monoisotopic (exact) mass is 563 g/mol. The van der Waals surface area contributed by atoms with Gasteiger partial charge in [0.05, 0.1) is 18.7 Å². The highest BCUT2D eigenvalue weighted by atomic mass is 32.2. The quantitative estimate of drug-likeness (QED) is 0.228. The Morgan fingerprint density at radius 3 is 2.52 bits per heavy atom. The molecule has 0 amide bonds. The molecule has 0 spiro atoms. The molecule has 0 aliphatic rings. The Labute approximate surface area is 230 Å². The molecule has 5 aromatic rings. The van der Waals surface area contributed by atoms with Gasteiger partial charge in [-0.15, -0.1) is 0 Å². The van der Waals surface area contributed by atoms with Gasteiger partial charge in [-0.05, 0) is 31.5 Å². The minimum atomic E-state index is -2.72. The third kappa shape index (κ3) is 6.07. The first kappa shape index (κ1) is 27.1. The van der Waals surface area contributed by atoms with E-state index in [4.69, 9.17) is 14.5 Å². The van der Waals surface area contributed by atoms with E-state index in [1.54, 1.807) is 37.6 Å². The number of aryl methyl sites for hydroxylation is 1. The number of aromatic nitrogens is 5. The molecule has 12 heteroatoms. The lowest BCUT2D eigenvalue weighted by molar-refractivity contribution is 0.335. The van der Waals surface area contributed by atoms with Crippen LogP contribution in [0.5, 0.6) is 5.75 Å². The first-order valence-corrected chi connectivity index (χ1v) is 14.7. The van der Waals surface area contributed by atoms with E-state index in [0.717, 1.165) is 5.69 Å². The van der Waals surface area contributed by atoms with Crippen LogP contribution in [0, 0.1) is 16.4 Å². The van der Waals surface area contributed by atoms with Crippen molar-refractivity contribution in [2.75, 3.05) is 23.9 Å². The van der Waals surface area contributed by atoms with Crippen LogP contribution in [0.4, 0.5) is 20.3 Å². The summed E-state index contributed by atoms with van der Waals surface area (Å²) in [4.78, 5) is 13.3. The van der Waals surface area contributed by atoms with Gasteiger partial charge < -0.3 is 10.1 Å². The van der Waals surface area contributed by atoms with E-state index in [9.17, 15) is 13.0 Å². The molecule has 3 heterocycles. The Hall–Kier alpha value is -4.45. The number of para-hydroxylation sites is 1. The molecule has 0 radical (unpaired) electrons. The molecule has 5 rings (SSSR count). The summed E-state index contributed by atoms with van der Waals surface area (Å²) in [6.07, 6.45) is 6.63. The standard InChI is InChI=1S/C28H27F2N7O2S/c1-3-39-20-14-23(29)22(24(30)15-20)17-37-25-7-5-4-6-21(25)26(36-37)28-33-16-18(10-13-40(2,31)38)27(35-28)34-19-8-11-32-12-9-19/h4-9,11-12,14-16,31H,3,10,13,17H2,1-2H3,(H,32,33,34,35). The van der Waals surface area contributed by atoms with Crippen molar-refractivity contribution in [1.82, 2.24) is 24.7 Å². The number of ether oxygens (including phenoxy) is 1. The smallest absolute Gasteiger partial charge is 0.182 e. The lowest BCUT2D eigenvalue weighted by Gasteiger charge is -2.12. The molecule has 0 saturated heterocycles. The van der Waals surface area contributed by atoms with Crippen LogP contribution in [-0.4, -0.2) is 47.6 Å². The van der Waals surface area contributed by atoms with Crippen LogP contribution < -0.4 is 10.1 Å². The van der Waals surface area contributed by atoms with Crippen molar-refractivity contribution >= 4 is 32.1 Å². The van der Waals surface area contributed by atoms with Crippen molar-refractivity contribution in [1.29, 1.82) is 4.78 Å². The van der Waals surface area contributed by atoms with E-state index in [1.807, 2.05) is 24.3 Å². The maximum Gasteiger partial charge on any atom is 0.182 e. The Morgan fingerprint density at radius 1 is 1.10 bits per heavy atom. The number of hydrogen-bond acceptors (Lipinski definition) is 8. The Balaban J connectivity index is 1.56. The molecular formula is C28H27F2N7O2S. The molecule has 0 bridgehead atoms. The summed E-state index contributed by atoms with van der Waals surface area (Å²) in [5, 5.41) is 8.63. The minimum absolute atomic E-state index is 0.124. The number of nitrogens with zero attached hydrogens (tertiary/aromatic N) is 5. The van der Waals surface area contributed by atoms with Crippen LogP contribution in [0.3, 0.4) is 0 Å². The molecule has 206 valence electrons. The Morgan fingerprint density at radius 2 is 1.82 bits per heavy atom. The average Bonchev–Trinajstić information content (AvgIpc) is 3.29. The summed E-state index contributed by atoms with van der Waals surface area (Å²) in [5.74, 6) is -0.406. The number of hydrogen-bond donors (Lipinski definition) is 2. The highest BCUT2D eigenvalue weighted by Crippen LogP contribution is 2.30. The number of halogens is 2. The average molecular weight is 564 g/mol. The van der Waals surface area contributed by atoms with Crippen molar-refractivity contribution in [3.05, 3.63) is 89.9 Å².